The number of carbonyl (C=O) groups excluding carboxylic acids is 1. The maximum Gasteiger partial charge on any atom is 0.264 e. The number of anilines is 1. The number of carbonyl (C=O) groups is 1. The van der Waals surface area contributed by atoms with Gasteiger partial charge in [-0.1, -0.05) is 18.2 Å². The lowest BCUT2D eigenvalue weighted by Crippen LogP contribution is -2.41. The van der Waals surface area contributed by atoms with E-state index in [2.05, 4.69) is 24.2 Å². The number of nitrogens with one attached hydrogen (secondary N) is 1. The SMILES string of the molecule is CC(CNC(=O)c1ccc(S(=O)(=O)N(C)c2ccccc2)cc1)N(C)C1CC1. The Kier molecular flexibility index (Phi) is 6.05. The summed E-state index contributed by atoms with van der Waals surface area (Å²) in [6.45, 7) is 2.65. The van der Waals surface area contributed by atoms with E-state index in [1.54, 1.807) is 36.4 Å². The highest BCUT2D eigenvalue weighted by atomic mass is 32.2. The molecule has 1 unspecified atom stereocenters. The Balaban J connectivity index is 1.64. The summed E-state index contributed by atoms with van der Waals surface area (Å²) in [7, 11) is -0.0814. The Morgan fingerprint density at radius 1 is 1.07 bits per heavy atom. The van der Waals surface area contributed by atoms with Gasteiger partial charge in [-0.2, -0.15) is 0 Å². The Hall–Kier alpha value is -2.38. The molecule has 0 radical (unpaired) electrons. The first-order chi connectivity index (χ1) is 13.3. The largest absolute Gasteiger partial charge is 0.350 e. The summed E-state index contributed by atoms with van der Waals surface area (Å²) < 4.78 is 26.8. The Labute approximate surface area is 167 Å². The van der Waals surface area contributed by atoms with Crippen LogP contribution in [0.2, 0.25) is 0 Å². The number of benzene rings is 2. The van der Waals surface area contributed by atoms with Crippen LogP contribution in [0.1, 0.15) is 30.1 Å². The molecule has 2 aromatic carbocycles. The van der Waals surface area contributed by atoms with Crippen molar-refractivity contribution in [3.63, 3.8) is 0 Å². The molecule has 7 heteroatoms. The molecule has 150 valence electrons. The minimum absolute atomic E-state index is 0.150. The molecule has 0 spiro atoms. The molecular formula is C21H27N3O3S. The third-order valence-corrected chi connectivity index (χ3v) is 7.07. The standard InChI is InChI=1S/C21H27N3O3S/c1-16(23(2)18-11-12-18)15-22-21(25)17-9-13-20(14-10-17)28(26,27)24(3)19-7-5-4-6-8-19/h4-10,13-14,16,18H,11-12,15H2,1-3H3,(H,22,25). The molecule has 1 fully saturated rings. The zero-order valence-electron chi connectivity index (χ0n) is 16.5. The first kappa shape index (κ1) is 20.4. The van der Waals surface area contributed by atoms with Gasteiger partial charge in [0.05, 0.1) is 10.6 Å². The molecule has 0 aliphatic heterocycles. The lowest BCUT2D eigenvalue weighted by atomic mass is 10.2. The smallest absolute Gasteiger partial charge is 0.264 e. The predicted octanol–water partition coefficient (Wildman–Crippen LogP) is 2.72. The fraction of sp³-hybridized carbons (Fsp3) is 0.381. The number of sulfonamides is 1. The topological polar surface area (TPSA) is 69.7 Å². The molecule has 1 aliphatic carbocycles. The van der Waals surface area contributed by atoms with Gasteiger partial charge in [0.25, 0.3) is 15.9 Å². The molecule has 0 aromatic heterocycles. The lowest BCUT2D eigenvalue weighted by molar-refractivity contribution is 0.0939. The van der Waals surface area contributed by atoms with E-state index >= 15 is 0 Å². The third kappa shape index (κ3) is 4.54. The molecule has 1 aliphatic rings. The van der Waals surface area contributed by atoms with Gasteiger partial charge in [0.15, 0.2) is 0 Å². The second kappa shape index (κ2) is 8.32. The van der Waals surface area contributed by atoms with Crippen molar-refractivity contribution in [3.05, 3.63) is 60.2 Å². The molecule has 0 bridgehead atoms. The minimum Gasteiger partial charge on any atom is -0.350 e. The van der Waals surface area contributed by atoms with Gasteiger partial charge in [-0.15, -0.1) is 0 Å². The average molecular weight is 402 g/mol. The maximum atomic E-state index is 12.8. The van der Waals surface area contributed by atoms with Crippen LogP contribution in [0.25, 0.3) is 0 Å². The number of rotatable bonds is 8. The van der Waals surface area contributed by atoms with Gasteiger partial charge in [-0.25, -0.2) is 8.42 Å². The highest BCUT2D eigenvalue weighted by Gasteiger charge is 2.29. The number of hydrogen-bond acceptors (Lipinski definition) is 4. The van der Waals surface area contributed by atoms with Gasteiger partial charge in [0.2, 0.25) is 0 Å². The van der Waals surface area contributed by atoms with E-state index in [9.17, 15) is 13.2 Å². The summed E-state index contributed by atoms with van der Waals surface area (Å²) in [4.78, 5) is 14.8. The van der Waals surface area contributed by atoms with Crippen LogP contribution in [0.4, 0.5) is 5.69 Å². The zero-order chi connectivity index (χ0) is 20.3. The minimum atomic E-state index is -3.68. The highest BCUT2D eigenvalue weighted by molar-refractivity contribution is 7.92. The van der Waals surface area contributed by atoms with Crippen LogP contribution in [0.3, 0.4) is 0 Å². The van der Waals surface area contributed by atoms with E-state index in [1.807, 2.05) is 6.07 Å². The van der Waals surface area contributed by atoms with Crippen molar-refractivity contribution in [1.29, 1.82) is 0 Å². The van der Waals surface area contributed by atoms with E-state index < -0.39 is 10.0 Å². The van der Waals surface area contributed by atoms with Crippen molar-refractivity contribution in [2.24, 2.45) is 0 Å². The monoisotopic (exact) mass is 401 g/mol. The van der Waals surface area contributed by atoms with Crippen molar-refractivity contribution in [2.75, 3.05) is 24.9 Å². The van der Waals surface area contributed by atoms with Crippen LogP contribution < -0.4 is 9.62 Å². The molecule has 6 nitrogen and oxygen atoms in total. The molecule has 1 atom stereocenters. The van der Waals surface area contributed by atoms with Crippen molar-refractivity contribution in [2.45, 2.75) is 36.7 Å². The highest BCUT2D eigenvalue weighted by Crippen LogP contribution is 2.26. The number of nitrogens with zero attached hydrogens (tertiary/aromatic N) is 2. The van der Waals surface area contributed by atoms with E-state index in [1.165, 1.54) is 36.3 Å². The molecule has 1 saturated carbocycles. The second-order valence-corrected chi connectivity index (χ2v) is 9.26. The fourth-order valence-corrected chi connectivity index (χ4v) is 4.24. The summed E-state index contributed by atoms with van der Waals surface area (Å²) in [6, 6.07) is 15.8. The summed E-state index contributed by atoms with van der Waals surface area (Å²) in [6.07, 6.45) is 2.45. The Morgan fingerprint density at radius 3 is 2.25 bits per heavy atom. The molecule has 0 saturated heterocycles. The van der Waals surface area contributed by atoms with E-state index in [0.717, 1.165) is 0 Å². The van der Waals surface area contributed by atoms with Crippen LogP contribution in [0.5, 0.6) is 0 Å². The molecule has 1 N–H and O–H groups in total. The molecule has 1 amide bonds. The summed E-state index contributed by atoms with van der Waals surface area (Å²) in [5, 5.41) is 2.93. The van der Waals surface area contributed by atoms with E-state index in [-0.39, 0.29) is 16.8 Å². The van der Waals surface area contributed by atoms with Crippen LogP contribution in [-0.2, 0) is 10.0 Å². The normalized spacial score (nSPS) is 15.3. The van der Waals surface area contributed by atoms with Crippen molar-refractivity contribution >= 4 is 21.6 Å². The van der Waals surface area contributed by atoms with Crippen molar-refractivity contribution in [1.82, 2.24) is 10.2 Å². The number of para-hydroxylation sites is 1. The van der Waals surface area contributed by atoms with E-state index in [0.29, 0.717) is 23.8 Å². The van der Waals surface area contributed by atoms with Crippen molar-refractivity contribution < 1.29 is 13.2 Å². The maximum absolute atomic E-state index is 12.8. The molecule has 0 heterocycles. The Morgan fingerprint density at radius 2 is 1.68 bits per heavy atom. The van der Waals surface area contributed by atoms with E-state index in [4.69, 9.17) is 0 Å². The average Bonchev–Trinajstić information content (AvgIpc) is 3.56. The van der Waals surface area contributed by atoms with Crippen LogP contribution >= 0.6 is 0 Å². The van der Waals surface area contributed by atoms with Crippen molar-refractivity contribution in [3.8, 4) is 0 Å². The summed E-state index contributed by atoms with van der Waals surface area (Å²) >= 11 is 0. The quantitative estimate of drug-likeness (QED) is 0.738. The van der Waals surface area contributed by atoms with Crippen LogP contribution in [0.15, 0.2) is 59.5 Å². The first-order valence-corrected chi connectivity index (χ1v) is 10.9. The van der Waals surface area contributed by atoms with Crippen LogP contribution in [-0.4, -0.2) is 51.9 Å². The zero-order valence-corrected chi connectivity index (χ0v) is 17.3. The fourth-order valence-electron chi connectivity index (χ4n) is 3.04. The van der Waals surface area contributed by atoms with Gasteiger partial charge >= 0.3 is 0 Å². The number of amides is 1. The third-order valence-electron chi connectivity index (χ3n) is 5.27. The van der Waals surface area contributed by atoms with Gasteiger partial charge in [0, 0.05) is 31.2 Å². The second-order valence-electron chi connectivity index (χ2n) is 7.29. The van der Waals surface area contributed by atoms with Gasteiger partial charge in [-0.05, 0) is 63.2 Å². The predicted molar refractivity (Wildman–Crippen MR) is 111 cm³/mol. The van der Waals surface area contributed by atoms with Gasteiger partial charge in [0.1, 0.15) is 0 Å². The summed E-state index contributed by atoms with van der Waals surface area (Å²) in [5.41, 5.74) is 1.03. The first-order valence-electron chi connectivity index (χ1n) is 9.45. The molecule has 28 heavy (non-hydrogen) atoms. The van der Waals surface area contributed by atoms with Crippen LogP contribution in [0, 0.1) is 0 Å². The Bertz CT molecular complexity index is 910. The van der Waals surface area contributed by atoms with Gasteiger partial charge in [-0.3, -0.25) is 14.0 Å². The molecule has 2 aromatic rings. The molecule has 3 rings (SSSR count). The number of likely N-dealkylation sites (N-methyl/N-ethyl adjacent to an activating group) is 1. The number of hydrogen-bond donors (Lipinski definition) is 1. The lowest BCUT2D eigenvalue weighted by Gasteiger charge is -2.24. The summed E-state index contributed by atoms with van der Waals surface area (Å²) in [5.74, 6) is -0.198. The molecular weight excluding hydrogens is 374 g/mol. The van der Waals surface area contributed by atoms with Gasteiger partial charge < -0.3 is 5.32 Å².